The van der Waals surface area contributed by atoms with Crippen LogP contribution >= 0.6 is 0 Å². The topological polar surface area (TPSA) is 71.5 Å². The first kappa shape index (κ1) is 18.9. The number of pyridine rings is 1. The normalized spacial score (nSPS) is 10.9. The van der Waals surface area contributed by atoms with Crippen LogP contribution in [0.1, 0.15) is 30.5 Å². The van der Waals surface area contributed by atoms with Crippen LogP contribution in [0.15, 0.2) is 36.4 Å². The molecule has 0 bridgehead atoms. The van der Waals surface area contributed by atoms with Crippen LogP contribution in [-0.2, 0) is 11.4 Å². The van der Waals surface area contributed by atoms with Gasteiger partial charge in [-0.15, -0.1) is 0 Å². The number of anilines is 1. The minimum atomic E-state index is -0.109. The number of nitrogens with one attached hydrogen (secondary N) is 1. The highest BCUT2D eigenvalue weighted by atomic mass is 16.5. The Morgan fingerprint density at radius 3 is 2.59 bits per heavy atom. The predicted molar refractivity (Wildman–Crippen MR) is 108 cm³/mol. The maximum Gasteiger partial charge on any atom is 0.221 e. The highest BCUT2D eigenvalue weighted by Crippen LogP contribution is 2.33. The molecule has 1 amide bonds. The van der Waals surface area contributed by atoms with Gasteiger partial charge in [0.2, 0.25) is 5.91 Å². The minimum absolute atomic E-state index is 0.0958. The van der Waals surface area contributed by atoms with Gasteiger partial charge in [-0.1, -0.05) is 6.07 Å². The summed E-state index contributed by atoms with van der Waals surface area (Å²) in [5, 5.41) is 13.5. The maximum atomic E-state index is 11.5. The van der Waals surface area contributed by atoms with E-state index in [-0.39, 0.29) is 12.5 Å². The quantitative estimate of drug-likeness (QED) is 0.705. The number of aliphatic hydroxyl groups excluding tert-OH is 1. The van der Waals surface area contributed by atoms with Crippen molar-refractivity contribution in [1.82, 2.24) is 4.98 Å². The molecule has 0 atom stereocenters. The minimum Gasteiger partial charge on any atom is -0.494 e. The molecule has 5 nitrogen and oxygen atoms in total. The number of aryl methyl sites for hydroxylation is 2. The molecule has 140 valence electrons. The Morgan fingerprint density at radius 1 is 1.15 bits per heavy atom. The number of carbonyl (C=O) groups excluding carboxylic acids is 1. The van der Waals surface area contributed by atoms with Gasteiger partial charge >= 0.3 is 0 Å². The third kappa shape index (κ3) is 3.78. The van der Waals surface area contributed by atoms with Crippen molar-refractivity contribution in [1.29, 1.82) is 0 Å². The molecule has 0 saturated heterocycles. The van der Waals surface area contributed by atoms with Crippen LogP contribution in [-0.4, -0.2) is 22.6 Å². The summed E-state index contributed by atoms with van der Waals surface area (Å²) in [7, 11) is 0. The SMILES string of the molecule is CCOc1ccc(-c2cc(C)c3c(NC(C)=O)ccc(C)c3n2)cc1CO. The van der Waals surface area contributed by atoms with Crippen molar-refractivity contribution < 1.29 is 14.6 Å². The fourth-order valence-corrected chi connectivity index (χ4v) is 3.27. The van der Waals surface area contributed by atoms with E-state index in [1.165, 1.54) is 6.92 Å². The Balaban J connectivity index is 2.17. The number of hydrogen-bond donors (Lipinski definition) is 2. The van der Waals surface area contributed by atoms with E-state index in [4.69, 9.17) is 9.72 Å². The molecule has 2 aromatic carbocycles. The van der Waals surface area contributed by atoms with E-state index in [1.807, 2.05) is 57.2 Å². The Kier molecular flexibility index (Phi) is 5.42. The number of hydrogen-bond acceptors (Lipinski definition) is 4. The predicted octanol–water partition coefficient (Wildman–Crippen LogP) is 4.37. The van der Waals surface area contributed by atoms with Gasteiger partial charge in [-0.2, -0.15) is 0 Å². The molecule has 0 fully saturated rings. The standard InChI is InChI=1S/C22H24N2O3/c1-5-27-20-9-7-16(11-17(20)12-25)19-10-14(3)21-18(23-15(4)26)8-6-13(2)22(21)24-19/h6-11,25H,5,12H2,1-4H3,(H,23,26). The van der Waals surface area contributed by atoms with Gasteiger partial charge in [0.05, 0.1) is 30.1 Å². The lowest BCUT2D eigenvalue weighted by atomic mass is 10.00. The molecule has 0 spiro atoms. The first-order valence-electron chi connectivity index (χ1n) is 9.00. The van der Waals surface area contributed by atoms with Crippen molar-refractivity contribution in [3.63, 3.8) is 0 Å². The monoisotopic (exact) mass is 364 g/mol. The van der Waals surface area contributed by atoms with E-state index in [0.29, 0.717) is 12.4 Å². The number of nitrogens with zero attached hydrogens (tertiary/aromatic N) is 1. The number of benzene rings is 2. The molecule has 2 N–H and O–H groups in total. The zero-order chi connectivity index (χ0) is 19.6. The van der Waals surface area contributed by atoms with Crippen molar-refractivity contribution in [2.45, 2.75) is 34.3 Å². The second-order valence-electron chi connectivity index (χ2n) is 6.57. The number of rotatable bonds is 5. The van der Waals surface area contributed by atoms with Gasteiger partial charge in [0, 0.05) is 23.4 Å². The van der Waals surface area contributed by atoms with Crippen molar-refractivity contribution in [2.75, 3.05) is 11.9 Å². The van der Waals surface area contributed by atoms with Crippen LogP contribution in [0.3, 0.4) is 0 Å². The lowest BCUT2D eigenvalue weighted by Gasteiger charge is -2.14. The fraction of sp³-hybridized carbons (Fsp3) is 0.273. The summed E-state index contributed by atoms with van der Waals surface area (Å²) >= 11 is 0. The number of aliphatic hydroxyl groups is 1. The molecule has 0 saturated carbocycles. The molecule has 1 heterocycles. The molecule has 0 aliphatic heterocycles. The van der Waals surface area contributed by atoms with Crippen molar-refractivity contribution in [2.24, 2.45) is 0 Å². The molecule has 0 unspecified atom stereocenters. The smallest absolute Gasteiger partial charge is 0.221 e. The van der Waals surface area contributed by atoms with Crippen molar-refractivity contribution in [3.8, 4) is 17.0 Å². The highest BCUT2D eigenvalue weighted by molar-refractivity contribution is 6.03. The summed E-state index contributed by atoms with van der Waals surface area (Å²) in [6.45, 7) is 7.89. The van der Waals surface area contributed by atoms with Crippen LogP contribution in [0.2, 0.25) is 0 Å². The van der Waals surface area contributed by atoms with Crippen LogP contribution in [0, 0.1) is 13.8 Å². The summed E-state index contributed by atoms with van der Waals surface area (Å²) in [6.07, 6.45) is 0. The Morgan fingerprint density at radius 2 is 1.93 bits per heavy atom. The summed E-state index contributed by atoms with van der Waals surface area (Å²) in [6, 6.07) is 11.6. The van der Waals surface area contributed by atoms with Crippen LogP contribution in [0.5, 0.6) is 5.75 Å². The van der Waals surface area contributed by atoms with E-state index in [1.54, 1.807) is 0 Å². The Bertz CT molecular complexity index is 1010. The molecule has 5 heteroatoms. The zero-order valence-corrected chi connectivity index (χ0v) is 16.1. The summed E-state index contributed by atoms with van der Waals surface area (Å²) in [5.74, 6) is 0.577. The third-order valence-corrected chi connectivity index (χ3v) is 4.50. The molecule has 3 aromatic rings. The number of fused-ring (bicyclic) bond motifs is 1. The Labute approximate surface area is 159 Å². The number of ether oxygens (including phenoxy) is 1. The van der Waals surface area contributed by atoms with Crippen LogP contribution in [0.25, 0.3) is 22.2 Å². The second kappa shape index (κ2) is 7.76. The third-order valence-electron chi connectivity index (χ3n) is 4.50. The summed E-state index contributed by atoms with van der Waals surface area (Å²) in [4.78, 5) is 16.4. The molecule has 1 aromatic heterocycles. The fourth-order valence-electron chi connectivity index (χ4n) is 3.27. The first-order chi connectivity index (χ1) is 12.9. The van der Waals surface area contributed by atoms with E-state index in [9.17, 15) is 9.90 Å². The molecule has 3 rings (SSSR count). The van der Waals surface area contributed by atoms with Crippen LogP contribution in [0.4, 0.5) is 5.69 Å². The summed E-state index contributed by atoms with van der Waals surface area (Å²) < 4.78 is 5.56. The van der Waals surface area contributed by atoms with Gasteiger partial charge in [0.25, 0.3) is 0 Å². The van der Waals surface area contributed by atoms with Crippen molar-refractivity contribution >= 4 is 22.5 Å². The Hall–Kier alpha value is -2.92. The largest absolute Gasteiger partial charge is 0.494 e. The number of carbonyl (C=O) groups is 1. The average molecular weight is 364 g/mol. The lowest BCUT2D eigenvalue weighted by Crippen LogP contribution is -2.07. The first-order valence-corrected chi connectivity index (χ1v) is 9.00. The molecular weight excluding hydrogens is 340 g/mol. The maximum absolute atomic E-state index is 11.5. The number of amides is 1. The van der Waals surface area contributed by atoms with Gasteiger partial charge in [-0.05, 0) is 62.2 Å². The molecule has 0 radical (unpaired) electrons. The van der Waals surface area contributed by atoms with Gasteiger partial charge in [0.15, 0.2) is 0 Å². The van der Waals surface area contributed by atoms with E-state index < -0.39 is 0 Å². The van der Waals surface area contributed by atoms with Gasteiger partial charge in [0.1, 0.15) is 5.75 Å². The average Bonchev–Trinajstić information content (AvgIpc) is 2.64. The second-order valence-corrected chi connectivity index (χ2v) is 6.57. The summed E-state index contributed by atoms with van der Waals surface area (Å²) in [5.41, 5.74) is 6.16. The van der Waals surface area contributed by atoms with Gasteiger partial charge in [-0.25, -0.2) is 4.98 Å². The molecular formula is C22H24N2O3. The number of aromatic nitrogens is 1. The highest BCUT2D eigenvalue weighted by Gasteiger charge is 2.13. The van der Waals surface area contributed by atoms with Gasteiger partial charge in [-0.3, -0.25) is 4.79 Å². The van der Waals surface area contributed by atoms with Crippen molar-refractivity contribution in [3.05, 3.63) is 53.1 Å². The lowest BCUT2D eigenvalue weighted by molar-refractivity contribution is -0.114. The van der Waals surface area contributed by atoms with E-state index >= 15 is 0 Å². The molecule has 0 aliphatic carbocycles. The van der Waals surface area contributed by atoms with E-state index in [0.717, 1.165) is 44.5 Å². The zero-order valence-electron chi connectivity index (χ0n) is 16.1. The molecule has 0 aliphatic rings. The van der Waals surface area contributed by atoms with Gasteiger partial charge < -0.3 is 15.2 Å². The van der Waals surface area contributed by atoms with Crippen LogP contribution < -0.4 is 10.1 Å². The van der Waals surface area contributed by atoms with E-state index in [2.05, 4.69) is 5.32 Å². The molecule has 27 heavy (non-hydrogen) atoms.